The lowest BCUT2D eigenvalue weighted by atomic mass is 10.2. The van der Waals surface area contributed by atoms with Crippen LogP contribution in [-0.4, -0.2) is 32.8 Å². The van der Waals surface area contributed by atoms with Gasteiger partial charge in [0.2, 0.25) is 0 Å². The Morgan fingerprint density at radius 3 is 2.58 bits per heavy atom. The average molecular weight is 385 g/mol. The second-order valence-corrected chi connectivity index (χ2v) is 6.39. The third-order valence-electron chi connectivity index (χ3n) is 3.66. The second-order valence-electron chi connectivity index (χ2n) is 5.54. The first-order valence-electron chi connectivity index (χ1n) is 7.56. The average Bonchev–Trinajstić information content (AvgIpc) is 3.05. The van der Waals surface area contributed by atoms with E-state index in [4.69, 9.17) is 0 Å². The van der Waals surface area contributed by atoms with E-state index in [1.54, 1.807) is 22.8 Å². The van der Waals surface area contributed by atoms with E-state index in [-0.39, 0.29) is 5.91 Å². The van der Waals surface area contributed by atoms with Gasteiger partial charge in [0.25, 0.3) is 5.91 Å². The van der Waals surface area contributed by atoms with Crippen molar-refractivity contribution in [3.63, 3.8) is 0 Å². The normalized spacial score (nSPS) is 10.6. The molecule has 6 heteroatoms. The first-order valence-corrected chi connectivity index (χ1v) is 8.36. The topological polar surface area (TPSA) is 51.0 Å². The fourth-order valence-electron chi connectivity index (χ4n) is 2.39. The monoisotopic (exact) mass is 384 g/mol. The van der Waals surface area contributed by atoms with Crippen LogP contribution in [0, 0.1) is 0 Å². The Balaban J connectivity index is 1.68. The molecule has 0 saturated heterocycles. The molecular formula is C18H17BrN4O. The van der Waals surface area contributed by atoms with Crippen LogP contribution in [0.15, 0.2) is 65.3 Å². The number of halogens is 1. The standard InChI is InChI=1S/C18H17BrN4O/c1-22(12-15-9-5-6-10-16(15)19)18(24)17-13-23(21-20-17)11-14-7-3-2-4-8-14/h2-10,13H,11-12H2,1H3. The zero-order chi connectivity index (χ0) is 16.9. The van der Waals surface area contributed by atoms with E-state index in [0.717, 1.165) is 15.6 Å². The summed E-state index contributed by atoms with van der Waals surface area (Å²) in [5, 5.41) is 8.06. The summed E-state index contributed by atoms with van der Waals surface area (Å²) in [5.74, 6) is -0.148. The molecule has 1 heterocycles. The smallest absolute Gasteiger partial charge is 0.276 e. The molecule has 0 aliphatic rings. The number of hydrogen-bond acceptors (Lipinski definition) is 3. The highest BCUT2D eigenvalue weighted by atomic mass is 79.9. The van der Waals surface area contributed by atoms with Crippen LogP contribution in [0.3, 0.4) is 0 Å². The molecule has 0 bridgehead atoms. The Bertz CT molecular complexity index is 832. The predicted molar refractivity (Wildman–Crippen MR) is 95.5 cm³/mol. The lowest BCUT2D eigenvalue weighted by Gasteiger charge is -2.16. The zero-order valence-corrected chi connectivity index (χ0v) is 14.8. The Morgan fingerprint density at radius 1 is 1.12 bits per heavy atom. The Labute approximate surface area is 149 Å². The van der Waals surface area contributed by atoms with Gasteiger partial charge in [0, 0.05) is 18.1 Å². The SMILES string of the molecule is CN(Cc1ccccc1Br)C(=O)c1cn(Cc2ccccc2)nn1. The van der Waals surface area contributed by atoms with Crippen LogP contribution in [0.25, 0.3) is 0 Å². The minimum absolute atomic E-state index is 0.148. The Hall–Kier alpha value is -2.47. The van der Waals surface area contributed by atoms with Crippen molar-refractivity contribution in [3.8, 4) is 0 Å². The molecule has 0 unspecified atom stereocenters. The molecule has 0 spiro atoms. The Morgan fingerprint density at radius 2 is 1.83 bits per heavy atom. The third-order valence-corrected chi connectivity index (χ3v) is 4.43. The predicted octanol–water partition coefficient (Wildman–Crippen LogP) is 3.36. The van der Waals surface area contributed by atoms with Gasteiger partial charge in [-0.15, -0.1) is 5.10 Å². The maximum Gasteiger partial charge on any atom is 0.276 e. The number of benzene rings is 2. The maximum absolute atomic E-state index is 12.5. The largest absolute Gasteiger partial charge is 0.336 e. The van der Waals surface area contributed by atoms with Crippen molar-refractivity contribution in [1.82, 2.24) is 19.9 Å². The molecule has 3 rings (SSSR count). The van der Waals surface area contributed by atoms with E-state index in [0.29, 0.717) is 18.8 Å². The summed E-state index contributed by atoms with van der Waals surface area (Å²) in [4.78, 5) is 14.2. The van der Waals surface area contributed by atoms with Crippen molar-refractivity contribution in [2.24, 2.45) is 0 Å². The van der Waals surface area contributed by atoms with Gasteiger partial charge in [0.1, 0.15) is 0 Å². The maximum atomic E-state index is 12.5. The number of carbonyl (C=O) groups excluding carboxylic acids is 1. The summed E-state index contributed by atoms with van der Waals surface area (Å²) in [5.41, 5.74) is 2.51. The van der Waals surface area contributed by atoms with Crippen molar-refractivity contribution < 1.29 is 4.79 Å². The number of rotatable bonds is 5. The quantitative estimate of drug-likeness (QED) is 0.677. The highest BCUT2D eigenvalue weighted by Crippen LogP contribution is 2.18. The van der Waals surface area contributed by atoms with Crippen LogP contribution in [-0.2, 0) is 13.1 Å². The molecule has 3 aromatic rings. The molecule has 1 aromatic heterocycles. The Kier molecular flexibility index (Phi) is 5.05. The second kappa shape index (κ2) is 7.40. The van der Waals surface area contributed by atoms with E-state index in [1.807, 2.05) is 54.6 Å². The fraction of sp³-hybridized carbons (Fsp3) is 0.167. The molecule has 2 aromatic carbocycles. The highest BCUT2D eigenvalue weighted by molar-refractivity contribution is 9.10. The van der Waals surface area contributed by atoms with Crippen LogP contribution in [0.1, 0.15) is 21.6 Å². The van der Waals surface area contributed by atoms with Crippen LogP contribution >= 0.6 is 15.9 Å². The number of hydrogen-bond donors (Lipinski definition) is 0. The summed E-state index contributed by atoms with van der Waals surface area (Å²) in [7, 11) is 1.76. The molecule has 0 saturated carbocycles. The highest BCUT2D eigenvalue weighted by Gasteiger charge is 2.16. The molecule has 5 nitrogen and oxygen atoms in total. The van der Waals surface area contributed by atoms with Gasteiger partial charge in [-0.1, -0.05) is 69.7 Å². The van der Waals surface area contributed by atoms with E-state index >= 15 is 0 Å². The minimum Gasteiger partial charge on any atom is -0.336 e. The summed E-state index contributed by atoms with van der Waals surface area (Å²) < 4.78 is 2.66. The van der Waals surface area contributed by atoms with E-state index < -0.39 is 0 Å². The van der Waals surface area contributed by atoms with Gasteiger partial charge in [0.05, 0.1) is 12.7 Å². The molecule has 0 aliphatic heterocycles. The van der Waals surface area contributed by atoms with Gasteiger partial charge in [-0.25, -0.2) is 4.68 Å². The molecule has 0 N–H and O–H groups in total. The van der Waals surface area contributed by atoms with Crippen molar-refractivity contribution in [2.45, 2.75) is 13.1 Å². The van der Waals surface area contributed by atoms with Crippen molar-refractivity contribution >= 4 is 21.8 Å². The molecule has 122 valence electrons. The van der Waals surface area contributed by atoms with Crippen LogP contribution in [0.4, 0.5) is 0 Å². The van der Waals surface area contributed by atoms with Crippen LogP contribution in [0.5, 0.6) is 0 Å². The molecule has 0 fully saturated rings. The number of nitrogens with zero attached hydrogens (tertiary/aromatic N) is 4. The lowest BCUT2D eigenvalue weighted by molar-refractivity contribution is 0.0779. The molecule has 0 atom stereocenters. The summed E-state index contributed by atoms with van der Waals surface area (Å²) in [6.07, 6.45) is 1.69. The summed E-state index contributed by atoms with van der Waals surface area (Å²) >= 11 is 3.50. The van der Waals surface area contributed by atoms with E-state index in [9.17, 15) is 4.79 Å². The van der Waals surface area contributed by atoms with Crippen molar-refractivity contribution in [1.29, 1.82) is 0 Å². The number of amides is 1. The molecule has 1 amide bonds. The minimum atomic E-state index is -0.148. The first-order chi connectivity index (χ1) is 11.6. The summed E-state index contributed by atoms with van der Waals surface area (Å²) in [6.45, 7) is 1.10. The van der Waals surface area contributed by atoms with Crippen LogP contribution in [0.2, 0.25) is 0 Å². The van der Waals surface area contributed by atoms with Gasteiger partial charge in [0.15, 0.2) is 5.69 Å². The number of aromatic nitrogens is 3. The van der Waals surface area contributed by atoms with Gasteiger partial charge in [-0.05, 0) is 17.2 Å². The van der Waals surface area contributed by atoms with Gasteiger partial charge in [-0.3, -0.25) is 4.79 Å². The molecule has 0 radical (unpaired) electrons. The van der Waals surface area contributed by atoms with Crippen molar-refractivity contribution in [2.75, 3.05) is 7.05 Å². The lowest BCUT2D eigenvalue weighted by Crippen LogP contribution is -2.26. The summed E-state index contributed by atoms with van der Waals surface area (Å²) in [6, 6.07) is 17.8. The van der Waals surface area contributed by atoms with Gasteiger partial charge < -0.3 is 4.90 Å². The fourth-order valence-corrected chi connectivity index (χ4v) is 2.80. The molecule has 24 heavy (non-hydrogen) atoms. The van der Waals surface area contributed by atoms with Crippen LogP contribution < -0.4 is 0 Å². The van der Waals surface area contributed by atoms with Gasteiger partial charge >= 0.3 is 0 Å². The first kappa shape index (κ1) is 16.4. The number of carbonyl (C=O) groups is 1. The van der Waals surface area contributed by atoms with Gasteiger partial charge in [-0.2, -0.15) is 0 Å². The molecular weight excluding hydrogens is 368 g/mol. The van der Waals surface area contributed by atoms with Crippen molar-refractivity contribution in [3.05, 3.63) is 82.1 Å². The third kappa shape index (κ3) is 3.89. The zero-order valence-electron chi connectivity index (χ0n) is 13.3. The molecule has 0 aliphatic carbocycles. The van der Waals surface area contributed by atoms with E-state index in [2.05, 4.69) is 26.2 Å². The van der Waals surface area contributed by atoms with E-state index in [1.165, 1.54) is 0 Å².